The number of hydrogen-bond donors (Lipinski definition) is 1. The van der Waals surface area contributed by atoms with Crippen LogP contribution in [0.5, 0.6) is 5.75 Å². The molecular formula is C24H26N4O2. The smallest absolute Gasteiger partial charge is 0.257 e. The second-order valence-corrected chi connectivity index (χ2v) is 7.10. The van der Waals surface area contributed by atoms with Gasteiger partial charge in [-0.3, -0.25) is 4.79 Å². The Hall–Kier alpha value is -3.54. The number of piperazine rings is 1. The molecule has 0 unspecified atom stereocenters. The van der Waals surface area contributed by atoms with Crippen molar-refractivity contribution < 1.29 is 9.53 Å². The lowest BCUT2D eigenvalue weighted by molar-refractivity contribution is 0.0747. The van der Waals surface area contributed by atoms with E-state index in [4.69, 9.17) is 4.74 Å². The molecule has 1 N–H and O–H groups in total. The molecule has 1 saturated heterocycles. The van der Waals surface area contributed by atoms with Crippen molar-refractivity contribution >= 4 is 23.1 Å². The van der Waals surface area contributed by atoms with Gasteiger partial charge in [0.05, 0.1) is 12.2 Å². The van der Waals surface area contributed by atoms with Crippen LogP contribution in [-0.2, 0) is 0 Å². The maximum atomic E-state index is 13.2. The number of ether oxygens (including phenoxy) is 1. The van der Waals surface area contributed by atoms with Crippen LogP contribution >= 0.6 is 0 Å². The molecule has 0 radical (unpaired) electrons. The van der Waals surface area contributed by atoms with Gasteiger partial charge < -0.3 is 19.9 Å². The molecule has 0 bridgehead atoms. The Bertz CT molecular complexity index is 968. The third kappa shape index (κ3) is 4.54. The van der Waals surface area contributed by atoms with E-state index in [2.05, 4.69) is 27.3 Å². The molecule has 1 amide bonds. The molecule has 1 aliphatic rings. The lowest BCUT2D eigenvalue weighted by atomic mass is 10.2. The van der Waals surface area contributed by atoms with Crippen molar-refractivity contribution in [2.24, 2.45) is 0 Å². The first-order chi connectivity index (χ1) is 14.7. The molecule has 0 spiro atoms. The summed E-state index contributed by atoms with van der Waals surface area (Å²) in [5.41, 5.74) is 2.64. The molecule has 2 aromatic carbocycles. The second-order valence-electron chi connectivity index (χ2n) is 7.10. The van der Waals surface area contributed by atoms with Crippen LogP contribution in [0.25, 0.3) is 0 Å². The number of carbonyl (C=O) groups excluding carboxylic acids is 1. The van der Waals surface area contributed by atoms with Gasteiger partial charge in [0, 0.05) is 43.8 Å². The Morgan fingerprint density at radius 3 is 2.40 bits per heavy atom. The number of benzene rings is 2. The summed E-state index contributed by atoms with van der Waals surface area (Å²) in [6.07, 6.45) is 1.70. The van der Waals surface area contributed by atoms with E-state index in [1.165, 1.54) is 5.69 Å². The number of para-hydroxylation sites is 1. The normalized spacial score (nSPS) is 13.8. The summed E-state index contributed by atoms with van der Waals surface area (Å²) in [5, 5.41) is 3.27. The van der Waals surface area contributed by atoms with Crippen molar-refractivity contribution in [1.82, 2.24) is 9.88 Å². The van der Waals surface area contributed by atoms with Gasteiger partial charge in [0.2, 0.25) is 0 Å². The molecule has 0 atom stereocenters. The maximum absolute atomic E-state index is 13.2. The number of hydrogen-bond acceptors (Lipinski definition) is 5. The Labute approximate surface area is 177 Å². The van der Waals surface area contributed by atoms with E-state index in [1.54, 1.807) is 12.3 Å². The number of nitrogens with zero attached hydrogens (tertiary/aromatic N) is 3. The highest BCUT2D eigenvalue weighted by atomic mass is 16.5. The lowest BCUT2D eigenvalue weighted by Crippen LogP contribution is -2.48. The van der Waals surface area contributed by atoms with Crippen LogP contribution in [0.3, 0.4) is 0 Å². The average molecular weight is 402 g/mol. The zero-order valence-corrected chi connectivity index (χ0v) is 17.1. The van der Waals surface area contributed by atoms with Gasteiger partial charge in [0.25, 0.3) is 5.91 Å². The van der Waals surface area contributed by atoms with Crippen LogP contribution in [0.15, 0.2) is 72.9 Å². The average Bonchev–Trinajstić information content (AvgIpc) is 2.81. The maximum Gasteiger partial charge on any atom is 0.257 e. The molecule has 1 fully saturated rings. The largest absolute Gasteiger partial charge is 0.494 e. The molecule has 30 heavy (non-hydrogen) atoms. The van der Waals surface area contributed by atoms with Gasteiger partial charge in [-0.2, -0.15) is 0 Å². The molecular weight excluding hydrogens is 376 g/mol. The van der Waals surface area contributed by atoms with E-state index < -0.39 is 0 Å². The number of rotatable bonds is 6. The van der Waals surface area contributed by atoms with Crippen LogP contribution in [0.2, 0.25) is 0 Å². The van der Waals surface area contributed by atoms with Crippen LogP contribution in [0.4, 0.5) is 17.2 Å². The van der Waals surface area contributed by atoms with Gasteiger partial charge in [-0.1, -0.05) is 18.2 Å². The standard InChI is InChI=1S/C24H26N4O2/c1-2-30-21-12-10-19(11-13-21)26-23-22(9-6-14-25-23)24(29)28-17-15-27(16-18-28)20-7-4-3-5-8-20/h3-14H,2,15-18H2,1H3,(H,25,26). The van der Waals surface area contributed by atoms with Gasteiger partial charge in [-0.15, -0.1) is 0 Å². The van der Waals surface area contributed by atoms with Crippen LogP contribution in [-0.4, -0.2) is 48.6 Å². The fourth-order valence-corrected chi connectivity index (χ4v) is 3.59. The highest BCUT2D eigenvalue weighted by Gasteiger charge is 2.24. The van der Waals surface area contributed by atoms with E-state index >= 15 is 0 Å². The minimum atomic E-state index is 0.00393. The first-order valence-electron chi connectivity index (χ1n) is 10.3. The van der Waals surface area contributed by atoms with E-state index in [0.29, 0.717) is 31.1 Å². The van der Waals surface area contributed by atoms with Crippen LogP contribution < -0.4 is 15.0 Å². The molecule has 154 valence electrons. The van der Waals surface area contributed by atoms with E-state index in [-0.39, 0.29) is 5.91 Å². The number of carbonyl (C=O) groups is 1. The molecule has 4 rings (SSSR count). The minimum Gasteiger partial charge on any atom is -0.494 e. The van der Waals surface area contributed by atoms with Crippen molar-refractivity contribution in [2.45, 2.75) is 6.92 Å². The fourth-order valence-electron chi connectivity index (χ4n) is 3.59. The van der Waals surface area contributed by atoms with Gasteiger partial charge in [-0.25, -0.2) is 4.98 Å². The minimum absolute atomic E-state index is 0.00393. The summed E-state index contributed by atoms with van der Waals surface area (Å²) in [6.45, 7) is 5.59. The molecule has 0 saturated carbocycles. The molecule has 0 aliphatic carbocycles. The fraction of sp³-hybridized carbons (Fsp3) is 0.250. The molecule has 2 heterocycles. The Morgan fingerprint density at radius 2 is 1.70 bits per heavy atom. The van der Waals surface area contributed by atoms with E-state index in [0.717, 1.165) is 24.5 Å². The highest BCUT2D eigenvalue weighted by molar-refractivity contribution is 5.99. The van der Waals surface area contributed by atoms with Crippen molar-refractivity contribution in [3.05, 3.63) is 78.5 Å². The Morgan fingerprint density at radius 1 is 0.967 bits per heavy atom. The summed E-state index contributed by atoms with van der Waals surface area (Å²) < 4.78 is 5.48. The number of aromatic nitrogens is 1. The zero-order valence-electron chi connectivity index (χ0n) is 17.1. The Balaban J connectivity index is 1.43. The lowest BCUT2D eigenvalue weighted by Gasteiger charge is -2.36. The van der Waals surface area contributed by atoms with E-state index in [9.17, 15) is 4.79 Å². The van der Waals surface area contributed by atoms with Crippen molar-refractivity contribution in [3.8, 4) is 5.75 Å². The molecule has 1 aliphatic heterocycles. The predicted octanol–water partition coefficient (Wildman–Crippen LogP) is 4.19. The SMILES string of the molecule is CCOc1ccc(Nc2ncccc2C(=O)N2CCN(c3ccccc3)CC2)cc1. The predicted molar refractivity (Wildman–Crippen MR) is 120 cm³/mol. The Kier molecular flexibility index (Phi) is 6.13. The monoisotopic (exact) mass is 402 g/mol. The summed E-state index contributed by atoms with van der Waals surface area (Å²) in [4.78, 5) is 21.8. The third-order valence-electron chi connectivity index (χ3n) is 5.15. The number of anilines is 3. The van der Waals surface area contributed by atoms with Crippen LogP contribution in [0.1, 0.15) is 17.3 Å². The van der Waals surface area contributed by atoms with Crippen molar-refractivity contribution in [1.29, 1.82) is 0 Å². The summed E-state index contributed by atoms with van der Waals surface area (Å²) in [6, 6.07) is 21.6. The van der Waals surface area contributed by atoms with Gasteiger partial charge >= 0.3 is 0 Å². The van der Waals surface area contributed by atoms with Crippen molar-refractivity contribution in [3.63, 3.8) is 0 Å². The summed E-state index contributed by atoms with van der Waals surface area (Å²) >= 11 is 0. The molecule has 6 heteroatoms. The number of pyridine rings is 1. The quantitative estimate of drug-likeness (QED) is 0.670. The van der Waals surface area contributed by atoms with Crippen LogP contribution in [0, 0.1) is 0 Å². The summed E-state index contributed by atoms with van der Waals surface area (Å²) in [5.74, 6) is 1.39. The topological polar surface area (TPSA) is 57.7 Å². The van der Waals surface area contributed by atoms with Gasteiger partial charge in [0.1, 0.15) is 11.6 Å². The molecule has 6 nitrogen and oxygen atoms in total. The second kappa shape index (κ2) is 9.31. The molecule has 3 aromatic rings. The van der Waals surface area contributed by atoms with Gasteiger partial charge in [-0.05, 0) is 55.5 Å². The number of nitrogens with one attached hydrogen (secondary N) is 1. The van der Waals surface area contributed by atoms with Crippen molar-refractivity contribution in [2.75, 3.05) is 43.0 Å². The van der Waals surface area contributed by atoms with Gasteiger partial charge in [0.15, 0.2) is 0 Å². The number of amides is 1. The third-order valence-corrected chi connectivity index (χ3v) is 5.15. The first kappa shape index (κ1) is 19.8. The summed E-state index contributed by atoms with van der Waals surface area (Å²) in [7, 11) is 0. The first-order valence-corrected chi connectivity index (χ1v) is 10.3. The van der Waals surface area contributed by atoms with E-state index in [1.807, 2.05) is 60.4 Å². The zero-order chi connectivity index (χ0) is 20.8. The molecule has 1 aromatic heterocycles. The highest BCUT2D eigenvalue weighted by Crippen LogP contribution is 2.23.